The quantitative estimate of drug-likeness (QED) is 0.0986. The van der Waals surface area contributed by atoms with Crippen molar-refractivity contribution in [3.63, 3.8) is 0 Å². The van der Waals surface area contributed by atoms with Crippen molar-refractivity contribution in [3.8, 4) is 35.5 Å². The van der Waals surface area contributed by atoms with E-state index < -0.39 is 34.4 Å². The van der Waals surface area contributed by atoms with Gasteiger partial charge >= 0.3 is 0 Å². The highest BCUT2D eigenvalue weighted by atomic mass is 19.2. The maximum atomic E-state index is 14.4. The minimum absolute atomic E-state index is 0.558. The van der Waals surface area contributed by atoms with Crippen LogP contribution in [0.2, 0.25) is 0 Å². The molecule has 0 saturated heterocycles. The van der Waals surface area contributed by atoms with Crippen molar-refractivity contribution in [1.29, 1.82) is 0 Å². The van der Waals surface area contributed by atoms with Gasteiger partial charge in [-0.25, -0.2) is 17.6 Å². The molecule has 0 heterocycles. The fourth-order valence-electron chi connectivity index (χ4n) is 4.06. The first-order chi connectivity index (χ1) is 20.2. The SMILES string of the molecule is CC.CCc1cc(C#Cc2c(F)c(C)c(F)c(F)c2F)c(CC)cc1C#Cc1ccc(C#Cc2ccc(C)cc2)cc1. The Morgan fingerprint density at radius 1 is 0.500 bits per heavy atom. The third kappa shape index (κ3) is 7.51. The first kappa shape index (κ1) is 31.8. The van der Waals surface area contributed by atoms with Crippen LogP contribution in [-0.2, 0) is 12.8 Å². The molecule has 4 aromatic carbocycles. The van der Waals surface area contributed by atoms with Crippen LogP contribution in [0.25, 0.3) is 0 Å². The second kappa shape index (κ2) is 14.8. The number of hydrogen-bond acceptors (Lipinski definition) is 0. The Balaban J connectivity index is 0.00000237. The van der Waals surface area contributed by atoms with E-state index in [-0.39, 0.29) is 0 Å². The van der Waals surface area contributed by atoms with Crippen molar-refractivity contribution >= 4 is 0 Å². The molecule has 0 N–H and O–H groups in total. The minimum Gasteiger partial charge on any atom is -0.205 e. The molecule has 0 aliphatic rings. The summed E-state index contributed by atoms with van der Waals surface area (Å²) in [6, 6.07) is 19.5. The summed E-state index contributed by atoms with van der Waals surface area (Å²) in [7, 11) is 0. The molecule has 42 heavy (non-hydrogen) atoms. The molecular weight excluding hydrogens is 532 g/mol. The van der Waals surface area contributed by atoms with Crippen molar-refractivity contribution in [2.45, 2.75) is 54.4 Å². The van der Waals surface area contributed by atoms with E-state index in [2.05, 4.69) is 35.5 Å². The van der Waals surface area contributed by atoms with Crippen molar-refractivity contribution in [2.24, 2.45) is 0 Å². The fourth-order valence-corrected chi connectivity index (χ4v) is 4.06. The van der Waals surface area contributed by atoms with E-state index in [1.807, 2.05) is 95.3 Å². The zero-order valence-electron chi connectivity index (χ0n) is 24.7. The van der Waals surface area contributed by atoms with Crippen LogP contribution in [0.15, 0.2) is 60.7 Å². The molecule has 0 atom stereocenters. The lowest BCUT2D eigenvalue weighted by molar-refractivity contribution is 0.426. The Morgan fingerprint density at radius 3 is 1.36 bits per heavy atom. The van der Waals surface area contributed by atoms with Gasteiger partial charge in [-0.05, 0) is 86.3 Å². The summed E-state index contributed by atoms with van der Waals surface area (Å²) in [5, 5.41) is 0. The van der Waals surface area contributed by atoms with Crippen molar-refractivity contribution in [3.05, 3.63) is 140 Å². The van der Waals surface area contributed by atoms with Crippen LogP contribution in [0.5, 0.6) is 0 Å². The zero-order valence-corrected chi connectivity index (χ0v) is 24.7. The van der Waals surface area contributed by atoms with Gasteiger partial charge in [0.15, 0.2) is 17.5 Å². The van der Waals surface area contributed by atoms with Gasteiger partial charge in [0.05, 0.1) is 5.56 Å². The normalized spacial score (nSPS) is 9.76. The molecule has 0 unspecified atom stereocenters. The smallest absolute Gasteiger partial charge is 0.196 e. The van der Waals surface area contributed by atoms with Crippen LogP contribution in [0.4, 0.5) is 17.6 Å². The summed E-state index contributed by atoms with van der Waals surface area (Å²) in [4.78, 5) is 0. The van der Waals surface area contributed by atoms with Gasteiger partial charge in [-0.2, -0.15) is 0 Å². The van der Waals surface area contributed by atoms with Gasteiger partial charge in [0.1, 0.15) is 5.82 Å². The zero-order chi connectivity index (χ0) is 30.8. The van der Waals surface area contributed by atoms with E-state index in [4.69, 9.17) is 0 Å². The molecule has 0 aliphatic heterocycles. The van der Waals surface area contributed by atoms with Crippen LogP contribution in [0, 0.1) is 72.6 Å². The van der Waals surface area contributed by atoms with Crippen LogP contribution in [-0.4, -0.2) is 0 Å². The third-order valence-electron chi connectivity index (χ3n) is 6.53. The summed E-state index contributed by atoms with van der Waals surface area (Å²) in [5.74, 6) is 11.8. The molecule has 212 valence electrons. The lowest BCUT2D eigenvalue weighted by Gasteiger charge is -2.09. The van der Waals surface area contributed by atoms with Gasteiger partial charge in [0.25, 0.3) is 0 Å². The molecule has 0 nitrogen and oxygen atoms in total. The predicted octanol–water partition coefficient (Wildman–Crippen LogP) is 9.21. The van der Waals surface area contributed by atoms with Gasteiger partial charge in [-0.1, -0.05) is 80.9 Å². The highest BCUT2D eigenvalue weighted by molar-refractivity contribution is 5.56. The molecule has 0 aromatic heterocycles. The van der Waals surface area contributed by atoms with Crippen LogP contribution < -0.4 is 0 Å². The van der Waals surface area contributed by atoms with E-state index in [1.165, 1.54) is 5.56 Å². The average molecular weight is 565 g/mol. The molecular formula is C38H32F4. The largest absolute Gasteiger partial charge is 0.205 e. The van der Waals surface area contributed by atoms with Crippen LogP contribution >= 0.6 is 0 Å². The molecule has 0 amide bonds. The van der Waals surface area contributed by atoms with Gasteiger partial charge in [-0.15, -0.1) is 0 Å². The summed E-state index contributed by atoms with van der Waals surface area (Å²) < 4.78 is 56.2. The predicted molar refractivity (Wildman–Crippen MR) is 163 cm³/mol. The van der Waals surface area contributed by atoms with E-state index in [0.29, 0.717) is 18.4 Å². The van der Waals surface area contributed by atoms with Crippen molar-refractivity contribution < 1.29 is 17.6 Å². The lowest BCUT2D eigenvalue weighted by atomic mass is 9.95. The average Bonchev–Trinajstić information content (AvgIpc) is 3.03. The number of rotatable bonds is 2. The molecule has 4 aromatic rings. The summed E-state index contributed by atoms with van der Waals surface area (Å²) in [5.41, 5.74) is 5.61. The Kier molecular flexibility index (Phi) is 11.2. The van der Waals surface area contributed by atoms with E-state index in [1.54, 1.807) is 0 Å². The topological polar surface area (TPSA) is 0 Å². The summed E-state index contributed by atoms with van der Waals surface area (Å²) in [6.07, 6.45) is 1.25. The molecule has 0 saturated carbocycles. The molecule has 0 spiro atoms. The molecule has 0 bridgehead atoms. The lowest BCUT2D eigenvalue weighted by Crippen LogP contribution is -2.03. The van der Waals surface area contributed by atoms with Gasteiger partial charge in [0.2, 0.25) is 0 Å². The standard InChI is InChI=1S/C36H26F4.C2H6/c1-5-28-22-31(19-20-32-33(37)24(4)34(38)36(40)35(32)39)29(6-2)21-30(28)18-17-27-15-13-26(14-16-27)12-11-25-9-7-23(3)8-10-25;1-2/h7-10,13-16,21-22H,5-6H2,1-4H3;1-2H3. The molecule has 4 rings (SSSR count). The van der Waals surface area contributed by atoms with Crippen molar-refractivity contribution in [2.75, 3.05) is 0 Å². The Hall–Kier alpha value is -4.72. The minimum atomic E-state index is -1.73. The number of hydrogen-bond donors (Lipinski definition) is 0. The molecule has 0 aliphatic carbocycles. The van der Waals surface area contributed by atoms with Gasteiger partial charge < -0.3 is 0 Å². The van der Waals surface area contributed by atoms with Crippen LogP contribution in [0.3, 0.4) is 0 Å². The van der Waals surface area contributed by atoms with E-state index >= 15 is 0 Å². The third-order valence-corrected chi connectivity index (χ3v) is 6.53. The Bertz CT molecular complexity index is 1730. The number of halogens is 4. The van der Waals surface area contributed by atoms with E-state index in [0.717, 1.165) is 40.3 Å². The Morgan fingerprint density at radius 2 is 0.905 bits per heavy atom. The highest BCUT2D eigenvalue weighted by Gasteiger charge is 2.22. The molecule has 0 fully saturated rings. The monoisotopic (exact) mass is 564 g/mol. The summed E-state index contributed by atoms with van der Waals surface area (Å²) >= 11 is 0. The molecule has 0 radical (unpaired) electrons. The first-order valence-electron chi connectivity index (χ1n) is 13.9. The van der Waals surface area contributed by atoms with Crippen molar-refractivity contribution in [1.82, 2.24) is 0 Å². The molecule has 4 heteroatoms. The number of aryl methyl sites for hydroxylation is 3. The maximum absolute atomic E-state index is 14.4. The highest BCUT2D eigenvalue weighted by Crippen LogP contribution is 2.24. The van der Waals surface area contributed by atoms with Gasteiger partial charge in [-0.3, -0.25) is 0 Å². The second-order valence-corrected chi connectivity index (χ2v) is 9.32. The maximum Gasteiger partial charge on any atom is 0.196 e. The number of benzene rings is 4. The van der Waals surface area contributed by atoms with Gasteiger partial charge in [0, 0.05) is 33.4 Å². The second-order valence-electron chi connectivity index (χ2n) is 9.32. The van der Waals surface area contributed by atoms with Crippen LogP contribution in [0.1, 0.15) is 83.3 Å². The van der Waals surface area contributed by atoms with E-state index in [9.17, 15) is 17.6 Å². The Labute approximate surface area is 246 Å². The summed E-state index contributed by atoms with van der Waals surface area (Å²) in [6.45, 7) is 11.0. The fraction of sp³-hybridized carbons (Fsp3) is 0.211. The first-order valence-corrected chi connectivity index (χ1v) is 13.9.